The first-order chi connectivity index (χ1) is 6.37. The highest BCUT2D eigenvalue weighted by molar-refractivity contribution is 14.1. The summed E-state index contributed by atoms with van der Waals surface area (Å²) >= 11 is 12.2. The lowest BCUT2D eigenvalue weighted by atomic mass is 10.1. The molecule has 0 unspecified atom stereocenters. The number of carbonyl (C=O) groups excluding carboxylic acids is 1. The van der Waals surface area contributed by atoms with Crippen molar-refractivity contribution >= 4 is 84.6 Å². The van der Waals surface area contributed by atoms with Gasteiger partial charge in [-0.25, -0.2) is 0 Å². The van der Waals surface area contributed by atoms with E-state index in [4.69, 9.17) is 11.6 Å². The van der Waals surface area contributed by atoms with Crippen LogP contribution in [0.5, 0.6) is 0 Å². The van der Waals surface area contributed by atoms with Gasteiger partial charge in [-0.15, -0.1) is 0 Å². The lowest BCUT2D eigenvalue weighted by Crippen LogP contribution is -2.05. The third-order valence-corrected chi connectivity index (χ3v) is 6.46. The van der Waals surface area contributed by atoms with Crippen LogP contribution < -0.4 is 0 Å². The summed E-state index contributed by atoms with van der Waals surface area (Å²) in [5.74, 6) is 0. The molecule has 1 rings (SSSR count). The normalized spacial score (nSPS) is 10.4. The lowest BCUT2D eigenvalue weighted by Gasteiger charge is -2.12. The van der Waals surface area contributed by atoms with Gasteiger partial charge in [-0.3, -0.25) is 4.79 Å². The second kappa shape index (κ2) is 5.13. The minimum absolute atomic E-state index is 0.374. The van der Waals surface area contributed by atoms with E-state index in [0.717, 1.165) is 18.3 Å². The SMILES string of the molecule is Cc1c(I)c(C)c(I)c(C(=O)Cl)c1I. The van der Waals surface area contributed by atoms with E-state index < -0.39 is 0 Å². The third kappa shape index (κ3) is 2.37. The van der Waals surface area contributed by atoms with Crippen molar-refractivity contribution in [3.63, 3.8) is 0 Å². The molecule has 0 bridgehead atoms. The van der Waals surface area contributed by atoms with Crippen LogP contribution in [0.1, 0.15) is 21.5 Å². The summed E-state index contributed by atoms with van der Waals surface area (Å²) in [6, 6.07) is 0. The summed E-state index contributed by atoms with van der Waals surface area (Å²) in [6.45, 7) is 4.02. The second-order valence-electron chi connectivity index (χ2n) is 2.84. The molecular weight excluding hydrogens is 540 g/mol. The Morgan fingerprint density at radius 3 is 1.64 bits per heavy atom. The van der Waals surface area contributed by atoms with Crippen LogP contribution in [0.3, 0.4) is 0 Å². The molecule has 0 heterocycles. The molecule has 0 saturated carbocycles. The van der Waals surface area contributed by atoms with Gasteiger partial charge in [0.25, 0.3) is 5.24 Å². The minimum atomic E-state index is -0.374. The van der Waals surface area contributed by atoms with Gasteiger partial charge in [0.15, 0.2) is 0 Å². The topological polar surface area (TPSA) is 17.1 Å². The quantitative estimate of drug-likeness (QED) is 0.375. The van der Waals surface area contributed by atoms with Gasteiger partial charge in [0.2, 0.25) is 0 Å². The summed E-state index contributed by atoms with van der Waals surface area (Å²) in [7, 11) is 0. The average molecular weight is 546 g/mol. The Morgan fingerprint density at radius 2 is 1.36 bits per heavy atom. The fourth-order valence-corrected chi connectivity index (χ4v) is 5.28. The first kappa shape index (κ1) is 13.4. The predicted molar refractivity (Wildman–Crippen MR) is 84.3 cm³/mol. The monoisotopic (exact) mass is 546 g/mol. The molecule has 0 N–H and O–H groups in total. The molecule has 76 valence electrons. The van der Waals surface area contributed by atoms with Gasteiger partial charge >= 0.3 is 0 Å². The van der Waals surface area contributed by atoms with Crippen LogP contribution >= 0.6 is 79.4 Å². The summed E-state index contributed by atoms with van der Waals surface area (Å²) in [4.78, 5) is 11.3. The molecule has 0 spiro atoms. The van der Waals surface area contributed by atoms with Crippen molar-refractivity contribution in [2.24, 2.45) is 0 Å². The van der Waals surface area contributed by atoms with Crippen molar-refractivity contribution in [3.8, 4) is 0 Å². The first-order valence-corrected chi connectivity index (χ1v) is 7.32. The number of hydrogen-bond donors (Lipinski definition) is 0. The van der Waals surface area contributed by atoms with Crippen LogP contribution in [-0.2, 0) is 0 Å². The van der Waals surface area contributed by atoms with Gasteiger partial charge in [0.1, 0.15) is 0 Å². The highest BCUT2D eigenvalue weighted by Gasteiger charge is 2.18. The largest absolute Gasteiger partial charge is 0.276 e. The fourth-order valence-electron chi connectivity index (χ4n) is 1.12. The van der Waals surface area contributed by atoms with Crippen molar-refractivity contribution in [3.05, 3.63) is 27.4 Å². The van der Waals surface area contributed by atoms with E-state index in [9.17, 15) is 4.79 Å². The molecule has 1 aromatic carbocycles. The lowest BCUT2D eigenvalue weighted by molar-refractivity contribution is 0.107. The zero-order valence-electron chi connectivity index (χ0n) is 7.42. The van der Waals surface area contributed by atoms with Crippen LogP contribution in [0, 0.1) is 24.6 Å². The second-order valence-corrected chi connectivity index (χ2v) is 6.42. The molecule has 0 atom stereocenters. The average Bonchev–Trinajstić information content (AvgIpc) is 2.11. The Hall–Kier alpha value is 1.37. The molecule has 5 heteroatoms. The Bertz CT molecular complexity index is 386. The van der Waals surface area contributed by atoms with Gasteiger partial charge in [0, 0.05) is 10.7 Å². The van der Waals surface area contributed by atoms with Crippen molar-refractivity contribution < 1.29 is 4.79 Å². The van der Waals surface area contributed by atoms with E-state index >= 15 is 0 Å². The van der Waals surface area contributed by atoms with Crippen LogP contribution in [-0.4, -0.2) is 5.24 Å². The first-order valence-electron chi connectivity index (χ1n) is 3.71. The molecule has 0 amide bonds. The van der Waals surface area contributed by atoms with Crippen molar-refractivity contribution in [1.82, 2.24) is 0 Å². The van der Waals surface area contributed by atoms with Crippen LogP contribution in [0.25, 0.3) is 0 Å². The van der Waals surface area contributed by atoms with Gasteiger partial charge in [-0.2, -0.15) is 0 Å². The summed E-state index contributed by atoms with van der Waals surface area (Å²) in [5.41, 5.74) is 2.91. The Morgan fingerprint density at radius 1 is 1.00 bits per heavy atom. The molecule has 1 aromatic rings. The Labute approximate surface area is 129 Å². The molecule has 0 aliphatic rings. The standard InChI is InChI=1S/C9H6ClI3O/c1-3-6(11)4(2)8(13)5(7(3)12)9(10)14/h1-2H3. The Balaban J connectivity index is 3.68. The maximum atomic E-state index is 11.3. The summed E-state index contributed by atoms with van der Waals surface area (Å²) in [5, 5.41) is -0.374. The molecule has 0 aliphatic heterocycles. The van der Waals surface area contributed by atoms with E-state index in [0.29, 0.717) is 5.56 Å². The minimum Gasteiger partial charge on any atom is -0.276 e. The number of hydrogen-bond acceptors (Lipinski definition) is 1. The molecule has 0 saturated heterocycles. The molecule has 0 fully saturated rings. The maximum Gasteiger partial charge on any atom is 0.254 e. The van der Waals surface area contributed by atoms with Crippen molar-refractivity contribution in [1.29, 1.82) is 0 Å². The number of rotatable bonds is 1. The summed E-state index contributed by atoms with van der Waals surface area (Å²) in [6.07, 6.45) is 0. The zero-order chi connectivity index (χ0) is 11.0. The number of benzene rings is 1. The molecule has 0 aromatic heterocycles. The third-order valence-electron chi connectivity index (χ3n) is 1.95. The molecule has 1 nitrogen and oxygen atoms in total. The molecular formula is C9H6ClI3O. The van der Waals surface area contributed by atoms with E-state index in [1.54, 1.807) is 0 Å². The smallest absolute Gasteiger partial charge is 0.254 e. The Kier molecular flexibility index (Phi) is 4.93. The van der Waals surface area contributed by atoms with Crippen LogP contribution in [0.15, 0.2) is 0 Å². The van der Waals surface area contributed by atoms with Crippen LogP contribution in [0.2, 0.25) is 0 Å². The molecule has 14 heavy (non-hydrogen) atoms. The molecule has 0 aliphatic carbocycles. The van der Waals surface area contributed by atoms with Gasteiger partial charge in [-0.05, 0) is 104 Å². The van der Waals surface area contributed by atoms with Crippen molar-refractivity contribution in [2.75, 3.05) is 0 Å². The van der Waals surface area contributed by atoms with Gasteiger partial charge in [-0.1, -0.05) is 0 Å². The number of carbonyl (C=O) groups is 1. The highest BCUT2D eigenvalue weighted by atomic mass is 127. The van der Waals surface area contributed by atoms with Gasteiger partial charge in [0.05, 0.1) is 5.56 Å². The summed E-state index contributed by atoms with van der Waals surface area (Å²) < 4.78 is 3.13. The predicted octanol–water partition coefficient (Wildman–Crippen LogP) is 4.50. The van der Waals surface area contributed by atoms with E-state index in [2.05, 4.69) is 67.8 Å². The van der Waals surface area contributed by atoms with Gasteiger partial charge < -0.3 is 0 Å². The maximum absolute atomic E-state index is 11.3. The van der Waals surface area contributed by atoms with E-state index in [1.807, 2.05) is 13.8 Å². The van der Waals surface area contributed by atoms with E-state index in [-0.39, 0.29) is 5.24 Å². The highest BCUT2D eigenvalue weighted by Crippen LogP contribution is 2.31. The fraction of sp³-hybridized carbons (Fsp3) is 0.222. The van der Waals surface area contributed by atoms with Crippen LogP contribution in [0.4, 0.5) is 0 Å². The van der Waals surface area contributed by atoms with Crippen molar-refractivity contribution in [2.45, 2.75) is 13.8 Å². The molecule has 0 radical (unpaired) electrons. The van der Waals surface area contributed by atoms with E-state index in [1.165, 1.54) is 3.57 Å². The zero-order valence-corrected chi connectivity index (χ0v) is 14.6. The number of halogens is 4.